The lowest BCUT2D eigenvalue weighted by Crippen LogP contribution is -2.46. The Hall–Kier alpha value is -0.630. The summed E-state index contributed by atoms with van der Waals surface area (Å²) >= 11 is 0. The normalized spacial score (nSPS) is 25.6. The summed E-state index contributed by atoms with van der Waals surface area (Å²) in [6, 6.07) is 2.23. The van der Waals surface area contributed by atoms with Gasteiger partial charge in [0.05, 0.1) is 25.4 Å². The van der Waals surface area contributed by atoms with Crippen molar-refractivity contribution in [1.82, 2.24) is 5.32 Å². The van der Waals surface area contributed by atoms with Crippen molar-refractivity contribution in [3.63, 3.8) is 0 Å². The van der Waals surface area contributed by atoms with Crippen LogP contribution in [0.2, 0.25) is 0 Å². The lowest BCUT2D eigenvalue weighted by Gasteiger charge is -2.23. The van der Waals surface area contributed by atoms with Gasteiger partial charge < -0.3 is 9.47 Å². The van der Waals surface area contributed by atoms with Gasteiger partial charge in [-0.3, -0.25) is 5.32 Å². The van der Waals surface area contributed by atoms with Crippen molar-refractivity contribution in [1.29, 1.82) is 5.26 Å². The molecular formula is C10H18N2O2. The molecule has 80 valence electrons. The summed E-state index contributed by atoms with van der Waals surface area (Å²) in [4.78, 5) is 0. The molecule has 0 radical (unpaired) electrons. The van der Waals surface area contributed by atoms with Crippen LogP contribution >= 0.6 is 0 Å². The Kier molecular flexibility index (Phi) is 4.33. The van der Waals surface area contributed by atoms with Gasteiger partial charge in [0.1, 0.15) is 5.54 Å². The minimum absolute atomic E-state index is 0.168. The quantitative estimate of drug-likeness (QED) is 0.706. The van der Waals surface area contributed by atoms with Gasteiger partial charge in [-0.05, 0) is 19.9 Å². The van der Waals surface area contributed by atoms with E-state index in [1.165, 1.54) is 0 Å². The zero-order valence-corrected chi connectivity index (χ0v) is 8.88. The maximum atomic E-state index is 8.97. The third kappa shape index (κ3) is 3.26. The van der Waals surface area contributed by atoms with Crippen LogP contribution in [-0.4, -0.2) is 38.0 Å². The van der Waals surface area contributed by atoms with Gasteiger partial charge >= 0.3 is 0 Å². The molecule has 2 atom stereocenters. The lowest BCUT2D eigenvalue weighted by atomic mass is 10.1. The monoisotopic (exact) mass is 198 g/mol. The molecule has 1 N–H and O–H groups in total. The molecule has 0 bridgehead atoms. The van der Waals surface area contributed by atoms with Gasteiger partial charge in [0.25, 0.3) is 0 Å². The maximum Gasteiger partial charge on any atom is 0.127 e. The maximum absolute atomic E-state index is 8.97. The van der Waals surface area contributed by atoms with Crippen molar-refractivity contribution in [2.75, 3.05) is 26.4 Å². The summed E-state index contributed by atoms with van der Waals surface area (Å²) in [5, 5.41) is 12.1. The van der Waals surface area contributed by atoms with Crippen LogP contribution in [0.4, 0.5) is 0 Å². The second-order valence-electron chi connectivity index (χ2n) is 3.77. The van der Waals surface area contributed by atoms with Gasteiger partial charge in [-0.15, -0.1) is 0 Å². The van der Waals surface area contributed by atoms with E-state index in [1.807, 2.05) is 13.8 Å². The van der Waals surface area contributed by atoms with Crippen LogP contribution in [0.25, 0.3) is 0 Å². The van der Waals surface area contributed by atoms with Crippen LogP contribution in [-0.2, 0) is 9.47 Å². The zero-order chi connectivity index (χ0) is 10.4. The predicted molar refractivity (Wildman–Crippen MR) is 52.9 cm³/mol. The Bertz CT molecular complexity index is 209. The van der Waals surface area contributed by atoms with E-state index in [0.29, 0.717) is 13.2 Å². The van der Waals surface area contributed by atoms with E-state index in [1.54, 1.807) is 0 Å². The highest BCUT2D eigenvalue weighted by Gasteiger charge is 2.25. The molecule has 1 aliphatic rings. The Morgan fingerprint density at radius 2 is 2.50 bits per heavy atom. The number of nitrogens with zero attached hydrogens (tertiary/aromatic N) is 1. The molecule has 2 unspecified atom stereocenters. The van der Waals surface area contributed by atoms with E-state index in [2.05, 4.69) is 11.4 Å². The third-order valence-corrected chi connectivity index (χ3v) is 2.31. The molecule has 0 aliphatic carbocycles. The first kappa shape index (κ1) is 11.4. The zero-order valence-electron chi connectivity index (χ0n) is 8.88. The van der Waals surface area contributed by atoms with E-state index in [9.17, 15) is 0 Å². The number of likely N-dealkylation sites (N-methyl/N-ethyl adjacent to an activating group) is 1. The van der Waals surface area contributed by atoms with E-state index >= 15 is 0 Å². The molecule has 0 aromatic carbocycles. The first-order valence-electron chi connectivity index (χ1n) is 5.06. The van der Waals surface area contributed by atoms with E-state index in [0.717, 1.165) is 19.6 Å². The highest BCUT2D eigenvalue weighted by Crippen LogP contribution is 2.11. The molecule has 4 nitrogen and oxygen atoms in total. The van der Waals surface area contributed by atoms with Crippen LogP contribution in [0.15, 0.2) is 0 Å². The molecule has 4 heteroatoms. The smallest absolute Gasteiger partial charge is 0.127 e. The molecule has 1 heterocycles. The minimum atomic E-state index is -0.572. The summed E-state index contributed by atoms with van der Waals surface area (Å²) < 4.78 is 10.8. The molecule has 1 saturated heterocycles. The molecule has 0 aromatic rings. The van der Waals surface area contributed by atoms with Crippen molar-refractivity contribution in [2.24, 2.45) is 0 Å². The van der Waals surface area contributed by atoms with Crippen LogP contribution < -0.4 is 5.32 Å². The molecule has 0 amide bonds. The largest absolute Gasteiger partial charge is 0.379 e. The van der Waals surface area contributed by atoms with Crippen molar-refractivity contribution >= 4 is 0 Å². The Labute approximate surface area is 85.2 Å². The predicted octanol–water partition coefficient (Wildman–Crippen LogP) is 0.684. The number of ether oxygens (including phenoxy) is 2. The first-order chi connectivity index (χ1) is 6.70. The summed E-state index contributed by atoms with van der Waals surface area (Å²) in [5.74, 6) is 0. The minimum Gasteiger partial charge on any atom is -0.379 e. The topological polar surface area (TPSA) is 54.3 Å². The number of rotatable bonds is 5. The van der Waals surface area contributed by atoms with Gasteiger partial charge in [-0.25, -0.2) is 0 Å². The fourth-order valence-corrected chi connectivity index (χ4v) is 1.44. The van der Waals surface area contributed by atoms with E-state index < -0.39 is 5.54 Å². The van der Waals surface area contributed by atoms with Gasteiger partial charge in [0.2, 0.25) is 0 Å². The van der Waals surface area contributed by atoms with Crippen molar-refractivity contribution in [3.8, 4) is 6.07 Å². The summed E-state index contributed by atoms with van der Waals surface area (Å²) in [7, 11) is 0. The average Bonchev–Trinajstić information content (AvgIpc) is 2.68. The standard InChI is InChI=1S/C10H18N2O2/c1-3-12-10(2,7-11)8-14-9-4-5-13-6-9/h9,12H,3-6,8H2,1-2H3. The molecule has 1 aliphatic heterocycles. The Morgan fingerprint density at radius 1 is 1.71 bits per heavy atom. The highest BCUT2D eigenvalue weighted by atomic mass is 16.5. The van der Waals surface area contributed by atoms with Gasteiger partial charge in [0, 0.05) is 6.61 Å². The van der Waals surface area contributed by atoms with Gasteiger partial charge in [-0.1, -0.05) is 6.92 Å². The molecule has 0 saturated carbocycles. The fourth-order valence-electron chi connectivity index (χ4n) is 1.44. The number of nitrogens with one attached hydrogen (secondary N) is 1. The molecule has 0 aromatic heterocycles. The van der Waals surface area contributed by atoms with Crippen molar-refractivity contribution < 1.29 is 9.47 Å². The SMILES string of the molecule is CCNC(C)(C#N)COC1CCOC1. The summed E-state index contributed by atoms with van der Waals surface area (Å²) in [6.45, 7) is 6.46. The lowest BCUT2D eigenvalue weighted by molar-refractivity contribution is 0.0207. The molecular weight excluding hydrogens is 180 g/mol. The second kappa shape index (κ2) is 5.30. The van der Waals surface area contributed by atoms with Crippen LogP contribution in [0.1, 0.15) is 20.3 Å². The summed E-state index contributed by atoms with van der Waals surface area (Å²) in [5.41, 5.74) is -0.572. The van der Waals surface area contributed by atoms with Gasteiger partial charge in [0.15, 0.2) is 0 Å². The number of hydrogen-bond donors (Lipinski definition) is 1. The Morgan fingerprint density at radius 3 is 3.00 bits per heavy atom. The molecule has 14 heavy (non-hydrogen) atoms. The first-order valence-corrected chi connectivity index (χ1v) is 5.06. The van der Waals surface area contributed by atoms with E-state index in [-0.39, 0.29) is 6.10 Å². The molecule has 0 spiro atoms. The molecule has 1 fully saturated rings. The van der Waals surface area contributed by atoms with Crippen LogP contribution in [0.3, 0.4) is 0 Å². The van der Waals surface area contributed by atoms with Gasteiger partial charge in [-0.2, -0.15) is 5.26 Å². The second-order valence-corrected chi connectivity index (χ2v) is 3.77. The van der Waals surface area contributed by atoms with E-state index in [4.69, 9.17) is 14.7 Å². The number of hydrogen-bond acceptors (Lipinski definition) is 4. The van der Waals surface area contributed by atoms with Crippen molar-refractivity contribution in [3.05, 3.63) is 0 Å². The van der Waals surface area contributed by atoms with Crippen LogP contribution in [0.5, 0.6) is 0 Å². The van der Waals surface area contributed by atoms with Crippen LogP contribution in [0, 0.1) is 11.3 Å². The number of nitriles is 1. The highest BCUT2D eigenvalue weighted by molar-refractivity contribution is 5.03. The average molecular weight is 198 g/mol. The third-order valence-electron chi connectivity index (χ3n) is 2.31. The fraction of sp³-hybridized carbons (Fsp3) is 0.900. The Balaban J connectivity index is 2.29. The molecule has 1 rings (SSSR count). The van der Waals surface area contributed by atoms with Crippen molar-refractivity contribution in [2.45, 2.75) is 31.9 Å². The summed E-state index contributed by atoms with van der Waals surface area (Å²) in [6.07, 6.45) is 1.11.